The highest BCUT2D eigenvalue weighted by Crippen LogP contribution is 2.31. The van der Waals surface area contributed by atoms with Crippen LogP contribution in [0.5, 0.6) is 5.75 Å². The molecular weight excluding hydrogens is 335 g/mol. The number of aromatic nitrogens is 1. The second-order valence-electron chi connectivity index (χ2n) is 5.41. The number of anilines is 1. The van der Waals surface area contributed by atoms with Gasteiger partial charge in [0.15, 0.2) is 11.6 Å². The summed E-state index contributed by atoms with van der Waals surface area (Å²) in [7, 11) is -4.78. The molecule has 1 atom stereocenters. The summed E-state index contributed by atoms with van der Waals surface area (Å²) in [5.41, 5.74) is 0.935. The summed E-state index contributed by atoms with van der Waals surface area (Å²) in [5, 5.41) is -1.37. The smallest absolute Gasteiger partial charge is 0.307 e. The van der Waals surface area contributed by atoms with Crippen molar-refractivity contribution in [3.05, 3.63) is 54.2 Å². The summed E-state index contributed by atoms with van der Waals surface area (Å²) >= 11 is 0. The number of rotatable bonds is 5. The van der Waals surface area contributed by atoms with Crippen LogP contribution in [0.25, 0.3) is 0 Å². The monoisotopic (exact) mass is 350 g/mol. The van der Waals surface area contributed by atoms with Crippen LogP contribution in [0.2, 0.25) is 0 Å². The molecule has 0 saturated carbocycles. The molecule has 1 aliphatic rings. The first-order chi connectivity index (χ1) is 11.4. The number of halogens is 1. The summed E-state index contributed by atoms with van der Waals surface area (Å²) in [6, 6.07) is 12.7. The third-order valence-corrected chi connectivity index (χ3v) is 4.84. The molecular formula is C16H15FN2O4S. The van der Waals surface area contributed by atoms with Crippen LogP contribution in [-0.2, 0) is 21.6 Å². The van der Waals surface area contributed by atoms with Gasteiger partial charge in [-0.25, -0.2) is 4.98 Å². The van der Waals surface area contributed by atoms with Gasteiger partial charge in [0.05, 0.1) is 0 Å². The van der Waals surface area contributed by atoms with E-state index in [-0.39, 0.29) is 19.0 Å². The van der Waals surface area contributed by atoms with Gasteiger partial charge in [0.25, 0.3) is 0 Å². The molecule has 0 bridgehead atoms. The third kappa shape index (κ3) is 3.53. The van der Waals surface area contributed by atoms with Gasteiger partial charge in [-0.3, -0.25) is 9.69 Å². The van der Waals surface area contributed by atoms with Gasteiger partial charge in [-0.2, -0.15) is 8.42 Å². The number of nitrogens with zero attached hydrogens (tertiary/aromatic N) is 2. The van der Waals surface area contributed by atoms with Crippen molar-refractivity contribution in [2.75, 3.05) is 11.4 Å². The molecule has 1 amide bonds. The molecule has 0 spiro atoms. The molecule has 2 heterocycles. The second-order valence-corrected chi connectivity index (χ2v) is 7.02. The maximum atomic E-state index is 13.2. The van der Waals surface area contributed by atoms with Crippen molar-refractivity contribution >= 4 is 21.9 Å². The van der Waals surface area contributed by atoms with Crippen molar-refractivity contribution < 1.29 is 21.8 Å². The van der Waals surface area contributed by atoms with E-state index in [9.17, 15) is 17.1 Å². The van der Waals surface area contributed by atoms with Crippen molar-refractivity contribution in [3.8, 4) is 5.75 Å². The molecule has 1 saturated heterocycles. The Labute approximate surface area is 139 Å². The lowest BCUT2D eigenvalue weighted by molar-refractivity contribution is -0.117. The predicted molar refractivity (Wildman–Crippen MR) is 85.8 cm³/mol. The van der Waals surface area contributed by atoms with E-state index in [0.29, 0.717) is 5.75 Å². The molecule has 1 fully saturated rings. The Morgan fingerprint density at radius 3 is 2.62 bits per heavy atom. The minimum Gasteiger partial charge on any atom is -0.485 e. The van der Waals surface area contributed by atoms with Gasteiger partial charge in [-0.15, -0.1) is 3.89 Å². The lowest BCUT2D eigenvalue weighted by Gasteiger charge is -2.18. The molecule has 0 N–H and O–H groups in total. The number of hydrogen-bond acceptors (Lipinski definition) is 5. The van der Waals surface area contributed by atoms with Crippen molar-refractivity contribution in [2.45, 2.75) is 18.3 Å². The summed E-state index contributed by atoms with van der Waals surface area (Å²) in [5.74, 6) is 0.0423. The number of hydrogen-bond donors (Lipinski definition) is 0. The first-order valence-electron chi connectivity index (χ1n) is 7.31. The van der Waals surface area contributed by atoms with Gasteiger partial charge < -0.3 is 4.74 Å². The second kappa shape index (κ2) is 6.56. The molecule has 1 aromatic heterocycles. The normalized spacial score (nSPS) is 18.0. The van der Waals surface area contributed by atoms with Gasteiger partial charge in [0, 0.05) is 19.2 Å². The largest absolute Gasteiger partial charge is 0.485 e. The van der Waals surface area contributed by atoms with Crippen LogP contribution in [0, 0.1) is 0 Å². The summed E-state index contributed by atoms with van der Waals surface area (Å²) < 4.78 is 41.0. The fraction of sp³-hybridized carbons (Fsp3) is 0.250. The van der Waals surface area contributed by atoms with Gasteiger partial charge in [0.2, 0.25) is 5.91 Å². The first kappa shape index (κ1) is 16.4. The first-order valence-corrected chi connectivity index (χ1v) is 8.75. The lowest BCUT2D eigenvalue weighted by Crippen LogP contribution is -2.28. The Balaban J connectivity index is 1.80. The van der Waals surface area contributed by atoms with Crippen molar-refractivity contribution in [2.24, 2.45) is 0 Å². The molecule has 1 aromatic carbocycles. The standard InChI is InChI=1S/C16H15FN2O4S/c17-24(21,22)13-9-15(20)19(10-13)16-14(7-4-8-18-16)23-11-12-5-2-1-3-6-12/h1-8,13H,9-11H2. The maximum Gasteiger partial charge on any atom is 0.307 e. The zero-order valence-electron chi connectivity index (χ0n) is 12.6. The SMILES string of the molecule is O=C1CC(S(=O)(=O)F)CN1c1ncccc1OCc1ccccc1. The van der Waals surface area contributed by atoms with E-state index in [4.69, 9.17) is 4.74 Å². The molecule has 0 aliphatic carbocycles. The Kier molecular flexibility index (Phi) is 4.48. The highest BCUT2D eigenvalue weighted by atomic mass is 32.3. The molecule has 3 rings (SSSR count). The zero-order chi connectivity index (χ0) is 17.2. The highest BCUT2D eigenvalue weighted by Gasteiger charge is 2.40. The summed E-state index contributed by atoms with van der Waals surface area (Å²) in [6.45, 7) is 0.00276. The fourth-order valence-electron chi connectivity index (χ4n) is 2.50. The maximum absolute atomic E-state index is 13.2. The van der Waals surface area contributed by atoms with Crippen LogP contribution in [0.4, 0.5) is 9.70 Å². The summed E-state index contributed by atoms with van der Waals surface area (Å²) in [4.78, 5) is 17.3. The van der Waals surface area contributed by atoms with Crippen LogP contribution >= 0.6 is 0 Å². The van der Waals surface area contributed by atoms with Gasteiger partial charge in [-0.1, -0.05) is 30.3 Å². The minimum atomic E-state index is -4.78. The van der Waals surface area contributed by atoms with Gasteiger partial charge in [0.1, 0.15) is 11.9 Å². The van der Waals surface area contributed by atoms with E-state index in [1.54, 1.807) is 12.1 Å². The average Bonchev–Trinajstić information content (AvgIpc) is 2.96. The number of carbonyl (C=O) groups excluding carboxylic acids is 1. The minimum absolute atomic E-state index is 0.199. The van der Waals surface area contributed by atoms with E-state index >= 15 is 0 Å². The third-order valence-electron chi connectivity index (χ3n) is 3.73. The number of pyridine rings is 1. The Bertz CT molecular complexity index is 842. The quantitative estimate of drug-likeness (QED) is 0.772. The number of benzene rings is 1. The molecule has 6 nitrogen and oxygen atoms in total. The molecule has 2 aromatic rings. The van der Waals surface area contributed by atoms with E-state index in [0.717, 1.165) is 10.5 Å². The molecule has 0 radical (unpaired) electrons. The van der Waals surface area contributed by atoms with E-state index < -0.39 is 27.8 Å². The van der Waals surface area contributed by atoms with Gasteiger partial charge in [-0.05, 0) is 17.7 Å². The summed E-state index contributed by atoms with van der Waals surface area (Å²) in [6.07, 6.45) is 1.07. The average molecular weight is 350 g/mol. The van der Waals surface area contributed by atoms with Gasteiger partial charge >= 0.3 is 10.2 Å². The van der Waals surface area contributed by atoms with Crippen LogP contribution in [0.1, 0.15) is 12.0 Å². The van der Waals surface area contributed by atoms with E-state index in [1.807, 2.05) is 30.3 Å². The van der Waals surface area contributed by atoms with Crippen LogP contribution in [0.15, 0.2) is 48.7 Å². The highest BCUT2D eigenvalue weighted by molar-refractivity contribution is 7.87. The fourth-order valence-corrected chi connectivity index (χ4v) is 3.17. The van der Waals surface area contributed by atoms with Crippen LogP contribution in [-0.4, -0.2) is 31.1 Å². The molecule has 1 aliphatic heterocycles. The Morgan fingerprint density at radius 1 is 1.21 bits per heavy atom. The number of carbonyl (C=O) groups is 1. The topological polar surface area (TPSA) is 76.6 Å². The Hall–Kier alpha value is -2.48. The van der Waals surface area contributed by atoms with E-state index in [2.05, 4.69) is 4.98 Å². The lowest BCUT2D eigenvalue weighted by atomic mass is 10.2. The number of ether oxygens (including phenoxy) is 1. The molecule has 1 unspecified atom stereocenters. The number of amides is 1. The van der Waals surface area contributed by atoms with Crippen molar-refractivity contribution in [3.63, 3.8) is 0 Å². The van der Waals surface area contributed by atoms with Crippen LogP contribution in [0.3, 0.4) is 0 Å². The zero-order valence-corrected chi connectivity index (χ0v) is 13.4. The molecule has 24 heavy (non-hydrogen) atoms. The van der Waals surface area contributed by atoms with Crippen molar-refractivity contribution in [1.82, 2.24) is 4.98 Å². The molecule has 8 heteroatoms. The molecule has 126 valence electrons. The Morgan fingerprint density at radius 2 is 1.96 bits per heavy atom. The van der Waals surface area contributed by atoms with Crippen molar-refractivity contribution in [1.29, 1.82) is 0 Å². The predicted octanol–water partition coefficient (Wildman–Crippen LogP) is 2.07. The van der Waals surface area contributed by atoms with E-state index in [1.165, 1.54) is 6.20 Å². The van der Waals surface area contributed by atoms with Crippen LogP contribution < -0.4 is 9.64 Å².